The number of carbonyl (C=O) groups excluding carboxylic acids is 3. The molecule has 0 saturated carbocycles. The van der Waals surface area contributed by atoms with Crippen LogP contribution < -0.4 is 14.2 Å². The fraction of sp³-hybridized carbons (Fsp3) is 0.269. The van der Waals surface area contributed by atoms with E-state index in [1.807, 2.05) is 0 Å². The number of rotatable bonds is 15. The first-order chi connectivity index (χ1) is 16.9. The smallest absolute Gasteiger partial charge is 0.343 e. The molecular formula is C26H28O9. The van der Waals surface area contributed by atoms with Crippen molar-refractivity contribution >= 4 is 17.9 Å². The molecule has 2 aromatic carbocycles. The van der Waals surface area contributed by atoms with E-state index in [2.05, 4.69) is 17.9 Å². The van der Waals surface area contributed by atoms with Gasteiger partial charge < -0.3 is 28.8 Å². The van der Waals surface area contributed by atoms with Crippen LogP contribution in [-0.2, 0) is 19.1 Å². The average Bonchev–Trinajstić information content (AvgIpc) is 2.87. The standard InChI is InChI=1S/C26H28O9/c1-3-31-24(28)6-4-15-32-22-11-13-23(14-12-22)35-26(30)20-7-9-21(10-8-20)33-16-5-17-34-25(29)19(2)18-27/h3,7-14,27H,1-2,4-6,15-18H2. The topological polar surface area (TPSA) is 118 Å². The summed E-state index contributed by atoms with van der Waals surface area (Å²) in [6, 6.07) is 13.0. The Morgan fingerprint density at radius 2 is 1.40 bits per heavy atom. The Bertz CT molecular complexity index is 994. The zero-order chi connectivity index (χ0) is 25.5. The summed E-state index contributed by atoms with van der Waals surface area (Å²) in [4.78, 5) is 34.9. The molecular weight excluding hydrogens is 456 g/mol. The molecule has 0 radical (unpaired) electrons. The van der Waals surface area contributed by atoms with Crippen LogP contribution in [0.4, 0.5) is 0 Å². The van der Waals surface area contributed by atoms with Crippen molar-refractivity contribution in [1.82, 2.24) is 0 Å². The highest BCUT2D eigenvalue weighted by atomic mass is 16.5. The van der Waals surface area contributed by atoms with Gasteiger partial charge in [-0.25, -0.2) is 9.59 Å². The number of hydrogen-bond acceptors (Lipinski definition) is 9. The van der Waals surface area contributed by atoms with Gasteiger partial charge in [0.2, 0.25) is 0 Å². The first-order valence-corrected chi connectivity index (χ1v) is 10.9. The molecule has 0 aliphatic carbocycles. The molecule has 9 heteroatoms. The van der Waals surface area contributed by atoms with E-state index in [4.69, 9.17) is 24.1 Å². The minimum Gasteiger partial charge on any atom is -0.494 e. The van der Waals surface area contributed by atoms with Crippen molar-refractivity contribution in [3.63, 3.8) is 0 Å². The minimum atomic E-state index is -0.638. The summed E-state index contributed by atoms with van der Waals surface area (Å²) >= 11 is 0. The van der Waals surface area contributed by atoms with Crippen LogP contribution in [0, 0.1) is 0 Å². The number of aliphatic hydroxyl groups is 1. The molecule has 0 aromatic heterocycles. The molecule has 0 aliphatic rings. The Hall–Kier alpha value is -4.11. The van der Waals surface area contributed by atoms with Crippen molar-refractivity contribution in [2.24, 2.45) is 0 Å². The molecule has 0 amide bonds. The zero-order valence-corrected chi connectivity index (χ0v) is 19.3. The first-order valence-electron chi connectivity index (χ1n) is 10.9. The van der Waals surface area contributed by atoms with Crippen molar-refractivity contribution in [2.45, 2.75) is 19.3 Å². The van der Waals surface area contributed by atoms with Crippen molar-refractivity contribution < 1.29 is 43.2 Å². The molecule has 0 spiro atoms. The lowest BCUT2D eigenvalue weighted by Crippen LogP contribution is -2.12. The summed E-state index contributed by atoms with van der Waals surface area (Å²) in [6.45, 7) is 7.03. The largest absolute Gasteiger partial charge is 0.494 e. The molecule has 0 bridgehead atoms. The number of esters is 3. The lowest BCUT2D eigenvalue weighted by Gasteiger charge is -2.09. The quantitative estimate of drug-likeness (QED) is 0.133. The van der Waals surface area contributed by atoms with Crippen LogP contribution in [0.1, 0.15) is 29.6 Å². The van der Waals surface area contributed by atoms with Crippen LogP contribution in [0.2, 0.25) is 0 Å². The molecule has 2 aromatic rings. The van der Waals surface area contributed by atoms with Crippen molar-refractivity contribution in [3.8, 4) is 17.2 Å². The van der Waals surface area contributed by atoms with E-state index in [0.717, 1.165) is 6.26 Å². The first kappa shape index (κ1) is 27.1. The highest BCUT2D eigenvalue weighted by Gasteiger charge is 2.10. The van der Waals surface area contributed by atoms with Crippen LogP contribution in [0.15, 0.2) is 73.5 Å². The van der Waals surface area contributed by atoms with Crippen LogP contribution in [-0.4, -0.2) is 49.4 Å². The fourth-order valence-electron chi connectivity index (χ4n) is 2.60. The summed E-state index contributed by atoms with van der Waals surface area (Å²) in [5.41, 5.74) is 0.346. The maximum atomic E-state index is 12.4. The lowest BCUT2D eigenvalue weighted by molar-refractivity contribution is -0.140. The van der Waals surface area contributed by atoms with Crippen LogP contribution in [0.5, 0.6) is 17.2 Å². The predicted molar refractivity (Wildman–Crippen MR) is 126 cm³/mol. The Kier molecular flexibility index (Phi) is 11.6. The Balaban J connectivity index is 1.70. The van der Waals surface area contributed by atoms with Crippen LogP contribution in [0.25, 0.3) is 0 Å². The maximum Gasteiger partial charge on any atom is 0.343 e. The molecule has 9 nitrogen and oxygen atoms in total. The number of hydrogen-bond donors (Lipinski definition) is 1. The Labute approximate surface area is 203 Å². The molecule has 0 heterocycles. The van der Waals surface area contributed by atoms with Crippen molar-refractivity contribution in [1.29, 1.82) is 0 Å². The van der Waals surface area contributed by atoms with E-state index >= 15 is 0 Å². The van der Waals surface area contributed by atoms with Gasteiger partial charge in [-0.1, -0.05) is 13.2 Å². The van der Waals surface area contributed by atoms with Crippen molar-refractivity contribution in [2.75, 3.05) is 26.4 Å². The van der Waals surface area contributed by atoms with E-state index in [1.54, 1.807) is 48.5 Å². The molecule has 35 heavy (non-hydrogen) atoms. The highest BCUT2D eigenvalue weighted by Crippen LogP contribution is 2.20. The second-order valence-corrected chi connectivity index (χ2v) is 7.09. The zero-order valence-electron chi connectivity index (χ0n) is 19.3. The lowest BCUT2D eigenvalue weighted by atomic mass is 10.2. The molecule has 2 rings (SSSR count). The Morgan fingerprint density at radius 3 is 2.00 bits per heavy atom. The number of benzene rings is 2. The third-order valence-corrected chi connectivity index (χ3v) is 4.40. The van der Waals surface area contributed by atoms with Gasteiger partial charge in [-0.3, -0.25) is 4.79 Å². The van der Waals surface area contributed by atoms with Gasteiger partial charge in [-0.2, -0.15) is 0 Å². The average molecular weight is 485 g/mol. The number of carbonyl (C=O) groups is 3. The normalized spacial score (nSPS) is 10.1. The number of aliphatic hydroxyl groups excluding tert-OH is 1. The third kappa shape index (κ3) is 10.1. The monoisotopic (exact) mass is 484 g/mol. The summed E-state index contributed by atoms with van der Waals surface area (Å²) < 4.78 is 26.0. The molecule has 1 N–H and O–H groups in total. The summed E-state index contributed by atoms with van der Waals surface area (Å²) in [6.07, 6.45) is 2.27. The van der Waals surface area contributed by atoms with Gasteiger partial charge in [0.1, 0.15) is 17.2 Å². The van der Waals surface area contributed by atoms with E-state index in [0.29, 0.717) is 48.9 Å². The van der Waals surface area contributed by atoms with E-state index in [1.165, 1.54) is 0 Å². The molecule has 0 fully saturated rings. The van der Waals surface area contributed by atoms with E-state index in [9.17, 15) is 14.4 Å². The summed E-state index contributed by atoms with van der Waals surface area (Å²) in [7, 11) is 0. The van der Waals surface area contributed by atoms with Gasteiger partial charge in [0, 0.05) is 12.8 Å². The van der Waals surface area contributed by atoms with Crippen LogP contribution in [0.3, 0.4) is 0 Å². The van der Waals surface area contributed by atoms with E-state index in [-0.39, 0.29) is 24.6 Å². The third-order valence-electron chi connectivity index (χ3n) is 4.40. The maximum absolute atomic E-state index is 12.4. The summed E-state index contributed by atoms with van der Waals surface area (Å²) in [5.74, 6) is -0.0448. The van der Waals surface area contributed by atoms with Gasteiger partial charge in [0.15, 0.2) is 0 Å². The molecule has 0 atom stereocenters. The van der Waals surface area contributed by atoms with E-state index < -0.39 is 18.5 Å². The predicted octanol–water partition coefficient (Wildman–Crippen LogP) is 3.61. The SMILES string of the molecule is C=COC(=O)CCCOc1ccc(OC(=O)c2ccc(OCCCOC(=O)C(=C)CO)cc2)cc1. The van der Waals surface area contributed by atoms with Gasteiger partial charge in [0.05, 0.1) is 43.8 Å². The molecule has 0 unspecified atom stereocenters. The second-order valence-electron chi connectivity index (χ2n) is 7.09. The van der Waals surface area contributed by atoms with Gasteiger partial charge in [-0.05, 0) is 55.0 Å². The molecule has 0 saturated heterocycles. The fourth-order valence-corrected chi connectivity index (χ4v) is 2.60. The highest BCUT2D eigenvalue weighted by molar-refractivity contribution is 5.91. The van der Waals surface area contributed by atoms with Crippen LogP contribution >= 0.6 is 0 Å². The van der Waals surface area contributed by atoms with Gasteiger partial charge >= 0.3 is 17.9 Å². The van der Waals surface area contributed by atoms with Gasteiger partial charge in [0.25, 0.3) is 0 Å². The van der Waals surface area contributed by atoms with Gasteiger partial charge in [-0.15, -0.1) is 0 Å². The second kappa shape index (κ2) is 14.9. The Morgan fingerprint density at radius 1 is 0.829 bits per heavy atom. The minimum absolute atomic E-state index is 0.00201. The van der Waals surface area contributed by atoms with Crippen molar-refractivity contribution in [3.05, 3.63) is 79.1 Å². The molecule has 186 valence electrons. The summed E-state index contributed by atoms with van der Waals surface area (Å²) in [5, 5.41) is 8.80. The molecule has 0 aliphatic heterocycles. The number of ether oxygens (including phenoxy) is 5.